The number of rotatable bonds is 6. The first kappa shape index (κ1) is 15.8. The Morgan fingerprint density at radius 1 is 1.29 bits per heavy atom. The fourth-order valence-electron chi connectivity index (χ4n) is 1.77. The molecule has 0 fully saturated rings. The maximum Gasteiger partial charge on any atom is 0.251 e. The molecular weight excluding hydrogens is 311 g/mol. The minimum absolute atomic E-state index is 0.378. The summed E-state index contributed by atoms with van der Waals surface area (Å²) in [6, 6.07) is 7.61. The number of hydrogen-bond donors (Lipinski definition) is 1. The Hall–Kier alpha value is -1.56. The smallest absolute Gasteiger partial charge is 0.251 e. The van der Waals surface area contributed by atoms with Gasteiger partial charge in [-0.05, 0) is 11.6 Å². The van der Waals surface area contributed by atoms with Crippen LogP contribution in [0.1, 0.15) is 11.1 Å². The lowest BCUT2D eigenvalue weighted by Crippen LogP contribution is -2.22. The van der Waals surface area contributed by atoms with Crippen molar-refractivity contribution in [3.05, 3.63) is 46.6 Å². The highest BCUT2D eigenvalue weighted by atomic mass is 35.5. The van der Waals surface area contributed by atoms with Crippen molar-refractivity contribution >= 4 is 35.0 Å². The summed E-state index contributed by atoms with van der Waals surface area (Å²) in [5.41, 5.74) is 7.78. The third kappa shape index (κ3) is 4.20. The first-order chi connectivity index (χ1) is 10.1. The lowest BCUT2D eigenvalue weighted by Gasteiger charge is -2.16. The third-order valence-corrected chi connectivity index (χ3v) is 3.39. The molecule has 2 aromatic rings. The van der Waals surface area contributed by atoms with Gasteiger partial charge in [0.2, 0.25) is 0 Å². The number of hydroxylamine groups is 1. The van der Waals surface area contributed by atoms with Gasteiger partial charge in [-0.3, -0.25) is 4.84 Å². The van der Waals surface area contributed by atoms with Crippen LogP contribution in [0.4, 0.5) is 11.8 Å². The maximum absolute atomic E-state index is 6.14. The van der Waals surface area contributed by atoms with Crippen molar-refractivity contribution in [2.24, 2.45) is 0 Å². The fraction of sp³-hybridized carbons (Fsp3) is 0.286. The highest BCUT2D eigenvalue weighted by Crippen LogP contribution is 2.21. The minimum Gasteiger partial charge on any atom is -0.383 e. The summed E-state index contributed by atoms with van der Waals surface area (Å²) in [5, 5.41) is 2.14. The molecule has 112 valence electrons. The summed E-state index contributed by atoms with van der Waals surface area (Å²) < 4.78 is 0. The molecule has 1 aromatic carbocycles. The summed E-state index contributed by atoms with van der Waals surface area (Å²) >= 11 is 11.7. The van der Waals surface area contributed by atoms with Gasteiger partial charge < -0.3 is 5.73 Å². The number of nitrogen functional groups attached to an aromatic ring is 1. The summed E-state index contributed by atoms with van der Waals surface area (Å²) in [5.74, 6) is 1.19. The van der Waals surface area contributed by atoms with E-state index in [2.05, 4.69) is 9.97 Å². The van der Waals surface area contributed by atoms with E-state index in [0.717, 1.165) is 11.1 Å². The molecule has 0 unspecified atom stereocenters. The fourth-order valence-corrected chi connectivity index (χ4v) is 2.05. The Morgan fingerprint density at radius 2 is 2.05 bits per heavy atom. The van der Waals surface area contributed by atoms with Gasteiger partial charge >= 0.3 is 0 Å². The highest BCUT2D eigenvalue weighted by Gasteiger charge is 2.10. The van der Waals surface area contributed by atoms with Gasteiger partial charge in [-0.2, -0.15) is 4.98 Å². The largest absolute Gasteiger partial charge is 0.383 e. The number of aromatic nitrogens is 2. The second-order valence-corrected chi connectivity index (χ2v) is 5.15. The molecule has 0 aliphatic rings. The Morgan fingerprint density at radius 3 is 2.71 bits per heavy atom. The lowest BCUT2D eigenvalue weighted by atomic mass is 10.1. The molecule has 1 aromatic heterocycles. The minimum atomic E-state index is 0.378. The van der Waals surface area contributed by atoms with Crippen LogP contribution in [0.5, 0.6) is 0 Å². The summed E-state index contributed by atoms with van der Waals surface area (Å²) in [7, 11) is 1.70. The van der Waals surface area contributed by atoms with Crippen molar-refractivity contribution in [1.29, 1.82) is 0 Å². The Bertz CT molecular complexity index is 609. The average molecular weight is 327 g/mol. The molecule has 0 saturated carbocycles. The van der Waals surface area contributed by atoms with Crippen LogP contribution in [0.3, 0.4) is 0 Å². The van der Waals surface area contributed by atoms with Crippen molar-refractivity contribution in [3.8, 4) is 0 Å². The first-order valence-electron chi connectivity index (χ1n) is 6.39. The zero-order valence-electron chi connectivity index (χ0n) is 11.6. The van der Waals surface area contributed by atoms with E-state index >= 15 is 0 Å². The van der Waals surface area contributed by atoms with Crippen molar-refractivity contribution < 1.29 is 4.84 Å². The summed E-state index contributed by atoms with van der Waals surface area (Å²) in [4.78, 5) is 13.8. The van der Waals surface area contributed by atoms with E-state index in [0.29, 0.717) is 35.7 Å². The van der Waals surface area contributed by atoms with E-state index in [4.69, 9.17) is 33.8 Å². The topological polar surface area (TPSA) is 64.3 Å². The molecule has 0 bridgehead atoms. The number of alkyl halides is 1. The molecule has 2 rings (SSSR count). The van der Waals surface area contributed by atoms with Gasteiger partial charge in [0.15, 0.2) is 0 Å². The predicted octanol–water partition coefficient (Wildman–Crippen LogP) is 2.91. The van der Waals surface area contributed by atoms with Gasteiger partial charge in [-0.1, -0.05) is 29.8 Å². The number of nitrogens with zero attached hydrogens (tertiary/aromatic N) is 3. The van der Waals surface area contributed by atoms with Crippen LogP contribution in [-0.2, 0) is 11.3 Å². The van der Waals surface area contributed by atoms with Gasteiger partial charge in [0, 0.05) is 36.1 Å². The Balaban J connectivity index is 2.14. The van der Waals surface area contributed by atoms with Crippen LogP contribution in [0, 0.1) is 0 Å². The average Bonchev–Trinajstić information content (AvgIpc) is 2.49. The molecule has 0 saturated heterocycles. The molecule has 21 heavy (non-hydrogen) atoms. The monoisotopic (exact) mass is 326 g/mol. The first-order valence-corrected chi connectivity index (χ1v) is 7.30. The van der Waals surface area contributed by atoms with Crippen molar-refractivity contribution in [2.45, 2.75) is 6.42 Å². The van der Waals surface area contributed by atoms with Crippen LogP contribution in [0.25, 0.3) is 0 Å². The van der Waals surface area contributed by atoms with E-state index in [9.17, 15) is 0 Å². The maximum atomic E-state index is 6.14. The molecule has 0 amide bonds. The standard InChI is InChI=1S/C14H16Cl2N4O/c1-20(21-7-6-15)14-18-9-11(13(17)19-14)8-10-4-2-3-5-12(10)16/h2-5,9H,6-8H2,1H3,(H2,17,18,19). The lowest BCUT2D eigenvalue weighted by molar-refractivity contribution is 0.132. The highest BCUT2D eigenvalue weighted by molar-refractivity contribution is 6.31. The molecule has 0 aliphatic carbocycles. The molecule has 0 spiro atoms. The molecular formula is C14H16Cl2N4O. The van der Waals surface area contributed by atoms with E-state index in [1.807, 2.05) is 24.3 Å². The molecule has 2 N–H and O–H groups in total. The zero-order valence-corrected chi connectivity index (χ0v) is 13.1. The van der Waals surface area contributed by atoms with E-state index in [1.54, 1.807) is 13.2 Å². The summed E-state index contributed by atoms with van der Waals surface area (Å²) in [6.45, 7) is 0.378. The van der Waals surface area contributed by atoms with Gasteiger partial charge in [-0.25, -0.2) is 10.0 Å². The van der Waals surface area contributed by atoms with Crippen molar-refractivity contribution in [2.75, 3.05) is 30.3 Å². The molecule has 0 aliphatic heterocycles. The number of halogens is 2. The van der Waals surface area contributed by atoms with Crippen molar-refractivity contribution in [3.63, 3.8) is 0 Å². The number of hydrogen-bond acceptors (Lipinski definition) is 5. The van der Waals surface area contributed by atoms with Crippen LogP contribution in [0.2, 0.25) is 5.02 Å². The van der Waals surface area contributed by atoms with Crippen LogP contribution >= 0.6 is 23.2 Å². The Kier molecular flexibility index (Phi) is 5.61. The second kappa shape index (κ2) is 7.45. The molecule has 1 heterocycles. The van der Waals surface area contributed by atoms with Crippen LogP contribution in [-0.4, -0.2) is 29.5 Å². The van der Waals surface area contributed by atoms with Gasteiger partial charge in [0.05, 0.1) is 6.61 Å². The van der Waals surface area contributed by atoms with Gasteiger partial charge in [0.25, 0.3) is 5.95 Å². The normalized spacial score (nSPS) is 10.6. The van der Waals surface area contributed by atoms with Gasteiger partial charge in [0.1, 0.15) is 5.82 Å². The van der Waals surface area contributed by atoms with Crippen molar-refractivity contribution in [1.82, 2.24) is 9.97 Å². The quantitative estimate of drug-likeness (QED) is 0.653. The molecule has 7 heteroatoms. The number of nitrogens with two attached hydrogens (primary N) is 1. The summed E-state index contributed by atoms with van der Waals surface area (Å²) in [6.07, 6.45) is 2.26. The zero-order chi connectivity index (χ0) is 15.2. The predicted molar refractivity (Wildman–Crippen MR) is 85.8 cm³/mol. The molecule has 0 radical (unpaired) electrons. The van der Waals surface area contributed by atoms with Crippen LogP contribution in [0.15, 0.2) is 30.5 Å². The van der Waals surface area contributed by atoms with E-state index < -0.39 is 0 Å². The number of benzene rings is 1. The molecule has 5 nitrogen and oxygen atoms in total. The number of anilines is 2. The SMILES string of the molecule is CN(OCCCl)c1ncc(Cc2ccccc2Cl)c(N)n1. The molecule has 0 atom stereocenters. The Labute approximate surface area is 133 Å². The second-order valence-electron chi connectivity index (χ2n) is 4.37. The third-order valence-electron chi connectivity index (χ3n) is 2.87. The van der Waals surface area contributed by atoms with Gasteiger partial charge in [-0.15, -0.1) is 11.6 Å². The van der Waals surface area contributed by atoms with Crippen LogP contribution < -0.4 is 10.8 Å². The van der Waals surface area contributed by atoms with E-state index in [1.165, 1.54) is 5.06 Å². The van der Waals surface area contributed by atoms with E-state index in [-0.39, 0.29) is 0 Å².